The quantitative estimate of drug-likeness (QED) is 0.885. The number of fused-ring (bicyclic) bond motifs is 2. The van der Waals surface area contributed by atoms with Gasteiger partial charge in [0.2, 0.25) is 5.91 Å². The molecule has 6 heteroatoms. The van der Waals surface area contributed by atoms with Crippen LogP contribution in [0.3, 0.4) is 0 Å². The number of nitrogens with two attached hydrogens (primary N) is 1. The molecule has 3 N–H and O–H groups in total. The van der Waals surface area contributed by atoms with Crippen molar-refractivity contribution in [1.82, 2.24) is 5.32 Å². The van der Waals surface area contributed by atoms with E-state index in [1.54, 1.807) is 0 Å². The van der Waals surface area contributed by atoms with Crippen LogP contribution in [-0.2, 0) is 11.2 Å². The van der Waals surface area contributed by atoms with Gasteiger partial charge < -0.3 is 11.1 Å². The van der Waals surface area contributed by atoms with Crippen LogP contribution in [0.25, 0.3) is 0 Å². The van der Waals surface area contributed by atoms with Gasteiger partial charge in [0.25, 0.3) is 0 Å². The lowest BCUT2D eigenvalue weighted by Gasteiger charge is -2.45. The van der Waals surface area contributed by atoms with E-state index in [-0.39, 0.29) is 42.4 Å². The molecule has 0 saturated heterocycles. The van der Waals surface area contributed by atoms with Crippen molar-refractivity contribution >= 4 is 18.3 Å². The molecule has 3 rings (SSSR count). The Hall–Kier alpha value is -1.20. The van der Waals surface area contributed by atoms with Crippen LogP contribution in [-0.4, -0.2) is 18.0 Å². The van der Waals surface area contributed by atoms with Crippen molar-refractivity contribution in [3.63, 3.8) is 0 Å². The molecule has 23 heavy (non-hydrogen) atoms. The molecule has 0 aromatic heterocycles. The van der Waals surface area contributed by atoms with E-state index in [1.165, 1.54) is 24.6 Å². The second kappa shape index (κ2) is 7.58. The van der Waals surface area contributed by atoms with Gasteiger partial charge in [0.15, 0.2) is 0 Å². The first-order valence-corrected chi connectivity index (χ1v) is 8.02. The molecule has 0 spiro atoms. The molecule has 2 fully saturated rings. The van der Waals surface area contributed by atoms with E-state index in [2.05, 4.69) is 5.32 Å². The number of rotatable bonds is 3. The molecule has 1 aromatic carbocycles. The normalized spacial score (nSPS) is 29.5. The van der Waals surface area contributed by atoms with Crippen LogP contribution in [0.5, 0.6) is 0 Å². The third kappa shape index (κ3) is 4.01. The first-order valence-electron chi connectivity index (χ1n) is 8.02. The minimum Gasteiger partial charge on any atom is -0.353 e. The number of benzene rings is 1. The standard InChI is InChI=1S/C17H22F2N2O.ClH/c18-14-5-2-6-15(19)13(14)9-16(22)21-17-10-3-1-4-11(17)8-12(20)7-10;/h2,5-6,10-12,17H,1,3-4,7-9,20H2,(H,21,22);1H. The van der Waals surface area contributed by atoms with Gasteiger partial charge in [-0.05, 0) is 49.7 Å². The molecule has 128 valence electrons. The highest BCUT2D eigenvalue weighted by Gasteiger charge is 2.39. The molecule has 2 bridgehead atoms. The van der Waals surface area contributed by atoms with Crippen LogP contribution >= 0.6 is 12.4 Å². The van der Waals surface area contributed by atoms with Gasteiger partial charge in [0.1, 0.15) is 11.6 Å². The Bertz CT molecular complexity index is 535. The third-order valence-electron chi connectivity index (χ3n) is 5.10. The van der Waals surface area contributed by atoms with Crippen molar-refractivity contribution < 1.29 is 13.6 Å². The maximum Gasteiger partial charge on any atom is 0.224 e. The van der Waals surface area contributed by atoms with Crippen molar-refractivity contribution in [2.24, 2.45) is 17.6 Å². The van der Waals surface area contributed by atoms with Crippen LogP contribution in [0, 0.1) is 23.5 Å². The van der Waals surface area contributed by atoms with Crippen molar-refractivity contribution in [2.45, 2.75) is 50.6 Å². The molecule has 1 amide bonds. The fourth-order valence-electron chi connectivity index (χ4n) is 4.12. The van der Waals surface area contributed by atoms with E-state index in [1.807, 2.05) is 0 Å². The summed E-state index contributed by atoms with van der Waals surface area (Å²) in [5.74, 6) is -0.836. The molecule has 2 aliphatic rings. The Labute approximate surface area is 141 Å². The van der Waals surface area contributed by atoms with Gasteiger partial charge in [-0.1, -0.05) is 12.5 Å². The monoisotopic (exact) mass is 344 g/mol. The molecule has 2 atom stereocenters. The minimum absolute atomic E-state index is 0. The highest BCUT2D eigenvalue weighted by atomic mass is 35.5. The minimum atomic E-state index is -0.666. The number of hydrogen-bond acceptors (Lipinski definition) is 2. The predicted molar refractivity (Wildman–Crippen MR) is 87.3 cm³/mol. The van der Waals surface area contributed by atoms with E-state index in [0.29, 0.717) is 11.8 Å². The van der Waals surface area contributed by atoms with Gasteiger partial charge in [-0.25, -0.2) is 8.78 Å². The number of amides is 1. The smallest absolute Gasteiger partial charge is 0.224 e. The fourth-order valence-corrected chi connectivity index (χ4v) is 4.12. The molecule has 0 heterocycles. The molecule has 3 nitrogen and oxygen atoms in total. The lowest BCUT2D eigenvalue weighted by Crippen LogP contribution is -2.54. The average molecular weight is 345 g/mol. The highest BCUT2D eigenvalue weighted by Crippen LogP contribution is 2.39. The summed E-state index contributed by atoms with van der Waals surface area (Å²) in [4.78, 5) is 12.2. The van der Waals surface area contributed by atoms with Crippen LogP contribution in [0.2, 0.25) is 0 Å². The summed E-state index contributed by atoms with van der Waals surface area (Å²) >= 11 is 0. The Balaban J connectivity index is 0.00000192. The zero-order valence-corrected chi connectivity index (χ0v) is 13.8. The molecule has 1 aromatic rings. The molecule has 0 aliphatic heterocycles. The van der Waals surface area contributed by atoms with Gasteiger partial charge in [0, 0.05) is 17.6 Å². The number of nitrogens with one attached hydrogen (secondary N) is 1. The Morgan fingerprint density at radius 3 is 2.30 bits per heavy atom. The summed E-state index contributed by atoms with van der Waals surface area (Å²) in [6.45, 7) is 0. The maximum atomic E-state index is 13.6. The number of halogens is 3. The maximum absolute atomic E-state index is 13.6. The van der Waals surface area contributed by atoms with Crippen LogP contribution in [0.1, 0.15) is 37.7 Å². The Kier molecular flexibility index (Phi) is 5.98. The van der Waals surface area contributed by atoms with Crippen LogP contribution < -0.4 is 11.1 Å². The first kappa shape index (κ1) is 18.1. The second-order valence-electron chi connectivity index (χ2n) is 6.65. The predicted octanol–water partition coefficient (Wildman–Crippen LogP) is 2.95. The zero-order valence-electron chi connectivity index (χ0n) is 12.9. The zero-order chi connectivity index (χ0) is 15.7. The molecule has 2 aliphatic carbocycles. The largest absolute Gasteiger partial charge is 0.353 e. The summed E-state index contributed by atoms with van der Waals surface area (Å²) < 4.78 is 27.3. The Morgan fingerprint density at radius 1 is 1.17 bits per heavy atom. The van der Waals surface area contributed by atoms with Gasteiger partial charge in [-0.15, -0.1) is 12.4 Å². The Morgan fingerprint density at radius 2 is 1.74 bits per heavy atom. The lowest BCUT2D eigenvalue weighted by atomic mass is 9.67. The van der Waals surface area contributed by atoms with Crippen molar-refractivity contribution in [3.05, 3.63) is 35.4 Å². The highest BCUT2D eigenvalue weighted by molar-refractivity contribution is 5.85. The van der Waals surface area contributed by atoms with E-state index in [0.717, 1.165) is 25.7 Å². The van der Waals surface area contributed by atoms with Gasteiger partial charge in [0.05, 0.1) is 6.42 Å². The topological polar surface area (TPSA) is 55.1 Å². The fraction of sp³-hybridized carbons (Fsp3) is 0.588. The lowest BCUT2D eigenvalue weighted by molar-refractivity contribution is -0.122. The SMILES string of the molecule is Cl.NC1CC2CCCC(C1)C2NC(=O)Cc1c(F)cccc1F. The summed E-state index contributed by atoms with van der Waals surface area (Å²) in [7, 11) is 0. The first-order chi connectivity index (χ1) is 10.5. The molecule has 2 saturated carbocycles. The average Bonchev–Trinajstić information content (AvgIpc) is 2.44. The number of carbonyl (C=O) groups excluding carboxylic acids is 1. The van der Waals surface area contributed by atoms with Gasteiger partial charge >= 0.3 is 0 Å². The van der Waals surface area contributed by atoms with E-state index in [9.17, 15) is 13.6 Å². The van der Waals surface area contributed by atoms with E-state index >= 15 is 0 Å². The summed E-state index contributed by atoms with van der Waals surface area (Å²) in [6.07, 6.45) is 4.92. The second-order valence-corrected chi connectivity index (χ2v) is 6.65. The van der Waals surface area contributed by atoms with Crippen LogP contribution in [0.15, 0.2) is 18.2 Å². The van der Waals surface area contributed by atoms with Crippen molar-refractivity contribution in [3.8, 4) is 0 Å². The molecule has 0 radical (unpaired) electrons. The van der Waals surface area contributed by atoms with Crippen LogP contribution in [0.4, 0.5) is 8.78 Å². The van der Waals surface area contributed by atoms with Gasteiger partial charge in [-0.3, -0.25) is 4.79 Å². The molecule has 2 unspecified atom stereocenters. The van der Waals surface area contributed by atoms with Crippen molar-refractivity contribution in [1.29, 1.82) is 0 Å². The van der Waals surface area contributed by atoms with E-state index < -0.39 is 11.6 Å². The van der Waals surface area contributed by atoms with Crippen molar-refractivity contribution in [2.75, 3.05) is 0 Å². The summed E-state index contributed by atoms with van der Waals surface area (Å²) in [6, 6.07) is 3.99. The summed E-state index contributed by atoms with van der Waals surface area (Å²) in [5.41, 5.74) is 5.91. The third-order valence-corrected chi connectivity index (χ3v) is 5.10. The number of carbonyl (C=O) groups is 1. The van der Waals surface area contributed by atoms with E-state index in [4.69, 9.17) is 5.73 Å². The molecular weight excluding hydrogens is 322 g/mol. The molecular formula is C17H23ClF2N2O. The number of hydrogen-bond donors (Lipinski definition) is 2. The van der Waals surface area contributed by atoms with Gasteiger partial charge in [-0.2, -0.15) is 0 Å². The summed E-state index contributed by atoms with van der Waals surface area (Å²) in [5, 5.41) is 3.02.